The second-order valence-corrected chi connectivity index (χ2v) is 9.95. The van der Waals surface area contributed by atoms with Gasteiger partial charge in [-0.15, -0.1) is 12.4 Å². The van der Waals surface area contributed by atoms with E-state index >= 15 is 0 Å². The summed E-state index contributed by atoms with van der Waals surface area (Å²) in [5.41, 5.74) is 0.305. The van der Waals surface area contributed by atoms with Crippen LogP contribution in [0.25, 0.3) is 10.1 Å². The van der Waals surface area contributed by atoms with Crippen LogP contribution in [0.2, 0.25) is 0 Å². The van der Waals surface area contributed by atoms with Crippen molar-refractivity contribution in [3.8, 4) is 0 Å². The number of carbonyl (C=O) groups excluding carboxylic acids is 1. The van der Waals surface area contributed by atoms with Gasteiger partial charge < -0.3 is 4.90 Å². The average molecular weight is 465 g/mol. The van der Waals surface area contributed by atoms with Crippen LogP contribution in [0.5, 0.6) is 0 Å². The fourth-order valence-corrected chi connectivity index (χ4v) is 6.19. The van der Waals surface area contributed by atoms with E-state index in [4.69, 9.17) is 9.21 Å². The number of carbonyl (C=O) groups is 1. The average Bonchev–Trinajstić information content (AvgIpc) is 3.40. The van der Waals surface area contributed by atoms with Crippen molar-refractivity contribution in [2.75, 3.05) is 50.8 Å². The summed E-state index contributed by atoms with van der Waals surface area (Å²) in [6, 6.07) is 8.49. The number of piperidine rings is 1. The molecule has 0 atom stereocenters. The number of benzene rings is 1. The Labute approximate surface area is 195 Å². The highest BCUT2D eigenvalue weighted by Crippen LogP contribution is 2.46. The van der Waals surface area contributed by atoms with Crippen LogP contribution in [0, 0.1) is 5.41 Å². The zero-order valence-electron chi connectivity index (χ0n) is 18.1. The molecule has 1 spiro atoms. The van der Waals surface area contributed by atoms with Crippen LogP contribution in [0.1, 0.15) is 44.9 Å². The minimum absolute atomic E-state index is 0. The third-order valence-electron chi connectivity index (χ3n) is 7.21. The number of anilines is 1. The molecule has 1 aromatic carbocycles. The third kappa shape index (κ3) is 5.00. The number of fused-ring (bicyclic) bond motifs is 1. The molecule has 1 saturated carbocycles. The Kier molecular flexibility index (Phi) is 7.37. The molecule has 0 bridgehead atoms. The second kappa shape index (κ2) is 10.0. The molecule has 3 aliphatic rings. The van der Waals surface area contributed by atoms with E-state index in [-0.39, 0.29) is 18.3 Å². The first kappa shape index (κ1) is 22.8. The Balaban J connectivity index is 0.00000231. The first-order chi connectivity index (χ1) is 14.7. The molecule has 0 radical (unpaired) electrons. The third-order valence-corrected chi connectivity index (χ3v) is 8.03. The molecule has 3 heterocycles. The monoisotopic (exact) mass is 464 g/mol. The van der Waals surface area contributed by atoms with E-state index in [2.05, 4.69) is 34.1 Å². The summed E-state index contributed by atoms with van der Waals surface area (Å²) in [5.74, 6) is 1.34. The summed E-state index contributed by atoms with van der Waals surface area (Å²) in [7, 11) is 0. The Bertz CT molecular complexity index is 877. The molecule has 2 aromatic rings. The highest BCUT2D eigenvalue weighted by molar-refractivity contribution is 7.13. The molecule has 0 N–H and O–H groups in total. The predicted molar refractivity (Wildman–Crippen MR) is 128 cm³/mol. The molecule has 6 nitrogen and oxygen atoms in total. The van der Waals surface area contributed by atoms with Crippen LogP contribution < -0.4 is 4.90 Å². The number of aromatic nitrogens is 1. The van der Waals surface area contributed by atoms with Crippen molar-refractivity contribution in [3.05, 3.63) is 24.3 Å². The topological polar surface area (TPSA) is 48.9 Å². The molecule has 1 aliphatic carbocycles. The molecular formula is C23H33ClN4O2S. The van der Waals surface area contributed by atoms with Crippen molar-refractivity contribution in [2.45, 2.75) is 44.9 Å². The van der Waals surface area contributed by atoms with E-state index in [1.54, 1.807) is 16.6 Å². The van der Waals surface area contributed by atoms with Crippen molar-refractivity contribution in [1.29, 1.82) is 0 Å². The molecule has 8 heteroatoms. The Morgan fingerprint density at radius 3 is 2.58 bits per heavy atom. The lowest BCUT2D eigenvalue weighted by molar-refractivity contribution is -0.199. The van der Waals surface area contributed by atoms with Gasteiger partial charge in [-0.1, -0.05) is 25.0 Å². The maximum absolute atomic E-state index is 12.5. The van der Waals surface area contributed by atoms with Gasteiger partial charge in [-0.25, -0.2) is 5.06 Å². The van der Waals surface area contributed by atoms with E-state index in [1.165, 1.54) is 35.8 Å². The predicted octanol–water partition coefficient (Wildman–Crippen LogP) is 4.34. The van der Waals surface area contributed by atoms with Crippen LogP contribution >= 0.6 is 23.9 Å². The van der Waals surface area contributed by atoms with Gasteiger partial charge in [0.1, 0.15) is 5.82 Å². The normalized spacial score (nSPS) is 21.7. The van der Waals surface area contributed by atoms with Gasteiger partial charge >= 0.3 is 0 Å². The number of piperazine rings is 1. The van der Waals surface area contributed by atoms with Crippen molar-refractivity contribution in [3.63, 3.8) is 0 Å². The summed E-state index contributed by atoms with van der Waals surface area (Å²) in [6.07, 6.45) is 7.82. The quantitative estimate of drug-likeness (QED) is 0.595. The largest absolute Gasteiger partial charge is 0.353 e. The number of hydrogen-bond donors (Lipinski definition) is 0. The number of hydroxylamine groups is 2. The number of hydrogen-bond acceptors (Lipinski definition) is 6. The smallest absolute Gasteiger partial charge is 0.246 e. The van der Waals surface area contributed by atoms with Crippen molar-refractivity contribution >= 4 is 45.8 Å². The zero-order valence-corrected chi connectivity index (χ0v) is 19.8. The van der Waals surface area contributed by atoms with Crippen LogP contribution in [-0.2, 0) is 9.63 Å². The van der Waals surface area contributed by atoms with E-state index in [9.17, 15) is 4.79 Å². The summed E-state index contributed by atoms with van der Waals surface area (Å²) in [4.78, 5) is 23.2. The lowest BCUT2D eigenvalue weighted by atomic mass is 9.77. The van der Waals surface area contributed by atoms with E-state index < -0.39 is 0 Å². The number of rotatable bonds is 6. The minimum atomic E-state index is 0. The maximum atomic E-state index is 12.5. The fourth-order valence-electron chi connectivity index (χ4n) is 5.40. The molecule has 0 unspecified atom stereocenters. The molecular weight excluding hydrogens is 432 g/mol. The van der Waals surface area contributed by atoms with Crippen LogP contribution in [0.4, 0.5) is 5.82 Å². The number of halogens is 1. The molecule has 5 rings (SSSR count). The van der Waals surface area contributed by atoms with Crippen LogP contribution in [-0.4, -0.2) is 66.1 Å². The first-order valence-electron chi connectivity index (χ1n) is 11.5. The van der Waals surface area contributed by atoms with Gasteiger partial charge in [-0.05, 0) is 54.8 Å². The van der Waals surface area contributed by atoms with Gasteiger partial charge in [0.25, 0.3) is 0 Å². The standard InChI is InChI=1S/C23H32N4O2S.ClH/c28-21-18-23(8-3-4-9-23)10-12-27(21)29-17-5-11-25-13-15-26(16-14-25)22-19-6-1-2-7-20(19)30-24-22;/h1-2,6-7H,3-5,8-18H2;1H. The molecule has 2 aliphatic heterocycles. The summed E-state index contributed by atoms with van der Waals surface area (Å²) >= 11 is 1.59. The maximum Gasteiger partial charge on any atom is 0.246 e. The highest BCUT2D eigenvalue weighted by Gasteiger charge is 2.41. The van der Waals surface area contributed by atoms with Gasteiger partial charge in [0.05, 0.1) is 11.3 Å². The Hall–Kier alpha value is -1.41. The lowest BCUT2D eigenvalue weighted by Gasteiger charge is -2.38. The van der Waals surface area contributed by atoms with Crippen molar-refractivity contribution in [2.24, 2.45) is 5.41 Å². The highest BCUT2D eigenvalue weighted by atomic mass is 35.5. The minimum Gasteiger partial charge on any atom is -0.353 e. The second-order valence-electron chi connectivity index (χ2n) is 9.15. The summed E-state index contributed by atoms with van der Waals surface area (Å²) in [6.45, 7) is 6.57. The zero-order chi connectivity index (χ0) is 20.4. The molecule has 2 saturated heterocycles. The van der Waals surface area contributed by atoms with Gasteiger partial charge in [-0.2, -0.15) is 4.37 Å². The van der Waals surface area contributed by atoms with Crippen LogP contribution in [0.15, 0.2) is 24.3 Å². The molecule has 1 aromatic heterocycles. The van der Waals surface area contributed by atoms with E-state index in [1.807, 2.05) is 0 Å². The SMILES string of the molecule is Cl.O=C1CC2(CCCC2)CCN1OCCCN1CCN(c2nsc3ccccc23)CC1. The lowest BCUT2D eigenvalue weighted by Crippen LogP contribution is -2.47. The van der Waals surface area contributed by atoms with Gasteiger partial charge in [0.15, 0.2) is 0 Å². The van der Waals surface area contributed by atoms with Crippen LogP contribution in [0.3, 0.4) is 0 Å². The van der Waals surface area contributed by atoms with E-state index in [0.717, 1.165) is 57.9 Å². The van der Waals surface area contributed by atoms with Gasteiger partial charge in [0.2, 0.25) is 5.91 Å². The Morgan fingerprint density at radius 1 is 1.03 bits per heavy atom. The summed E-state index contributed by atoms with van der Waals surface area (Å²) in [5, 5.41) is 2.92. The molecule has 1 amide bonds. The molecule has 31 heavy (non-hydrogen) atoms. The van der Waals surface area contributed by atoms with E-state index in [0.29, 0.717) is 18.4 Å². The van der Waals surface area contributed by atoms with Gasteiger partial charge in [0, 0.05) is 51.1 Å². The fraction of sp³-hybridized carbons (Fsp3) is 0.652. The number of nitrogens with zero attached hydrogens (tertiary/aromatic N) is 4. The van der Waals surface area contributed by atoms with Gasteiger partial charge in [-0.3, -0.25) is 14.5 Å². The van der Waals surface area contributed by atoms with Crippen molar-refractivity contribution in [1.82, 2.24) is 14.3 Å². The van der Waals surface area contributed by atoms with Crippen molar-refractivity contribution < 1.29 is 9.63 Å². The summed E-state index contributed by atoms with van der Waals surface area (Å²) < 4.78 is 5.96. The Morgan fingerprint density at radius 2 is 1.81 bits per heavy atom. The first-order valence-corrected chi connectivity index (χ1v) is 12.2. The number of amides is 1. The molecule has 3 fully saturated rings. The molecule has 170 valence electrons.